The fourth-order valence-corrected chi connectivity index (χ4v) is 2.42. The van der Waals surface area contributed by atoms with E-state index in [4.69, 9.17) is 10.3 Å². The SMILES string of the molecule is COC(=O)CNC(C(=O)OC(C)(C)C)[C@H](CN=[N+]=[N-])Cc1ccccc1. The fraction of sp³-hybridized carbons (Fsp3) is 0.556. The molecule has 0 amide bonds. The summed E-state index contributed by atoms with van der Waals surface area (Å²) in [6, 6.07) is 8.71. The molecule has 0 spiro atoms. The highest BCUT2D eigenvalue weighted by Crippen LogP contribution is 2.18. The number of nitrogens with zero attached hydrogens (tertiary/aromatic N) is 3. The van der Waals surface area contributed by atoms with Crippen LogP contribution in [0.25, 0.3) is 10.4 Å². The van der Waals surface area contributed by atoms with Crippen molar-refractivity contribution < 1.29 is 19.1 Å². The molecule has 8 heteroatoms. The lowest BCUT2D eigenvalue weighted by Crippen LogP contribution is -2.49. The van der Waals surface area contributed by atoms with Gasteiger partial charge >= 0.3 is 11.9 Å². The zero-order valence-corrected chi connectivity index (χ0v) is 15.6. The summed E-state index contributed by atoms with van der Waals surface area (Å²) in [7, 11) is 1.27. The third-order valence-corrected chi connectivity index (χ3v) is 3.55. The van der Waals surface area contributed by atoms with E-state index in [-0.39, 0.29) is 19.0 Å². The van der Waals surface area contributed by atoms with Gasteiger partial charge in [0.15, 0.2) is 0 Å². The summed E-state index contributed by atoms with van der Waals surface area (Å²) in [4.78, 5) is 27.0. The van der Waals surface area contributed by atoms with Gasteiger partial charge in [0.2, 0.25) is 0 Å². The van der Waals surface area contributed by atoms with E-state index in [1.807, 2.05) is 30.3 Å². The van der Waals surface area contributed by atoms with E-state index in [1.165, 1.54) is 7.11 Å². The number of benzene rings is 1. The van der Waals surface area contributed by atoms with Crippen LogP contribution in [0, 0.1) is 5.92 Å². The van der Waals surface area contributed by atoms with Gasteiger partial charge in [-0.3, -0.25) is 14.9 Å². The Morgan fingerprint density at radius 2 is 1.92 bits per heavy atom. The van der Waals surface area contributed by atoms with Gasteiger partial charge in [-0.05, 0) is 44.2 Å². The van der Waals surface area contributed by atoms with Gasteiger partial charge in [-0.15, -0.1) is 0 Å². The molecule has 26 heavy (non-hydrogen) atoms. The number of hydrogen-bond donors (Lipinski definition) is 1. The first-order valence-corrected chi connectivity index (χ1v) is 8.34. The molecule has 1 N–H and O–H groups in total. The second-order valence-electron chi connectivity index (χ2n) is 6.83. The third kappa shape index (κ3) is 8.00. The summed E-state index contributed by atoms with van der Waals surface area (Å²) in [6.45, 7) is 5.23. The number of hydrogen-bond acceptors (Lipinski definition) is 6. The van der Waals surface area contributed by atoms with E-state index in [0.29, 0.717) is 6.42 Å². The van der Waals surface area contributed by atoms with Crippen LogP contribution in [0.4, 0.5) is 0 Å². The average Bonchev–Trinajstić information content (AvgIpc) is 2.58. The summed E-state index contributed by atoms with van der Waals surface area (Å²) in [6.07, 6.45) is 0.484. The number of nitrogens with one attached hydrogen (secondary N) is 1. The molecule has 1 rings (SSSR count). The minimum atomic E-state index is -0.820. The van der Waals surface area contributed by atoms with E-state index >= 15 is 0 Å². The lowest BCUT2D eigenvalue weighted by Gasteiger charge is -2.29. The summed E-state index contributed by atoms with van der Waals surface area (Å²) >= 11 is 0. The maximum Gasteiger partial charge on any atom is 0.323 e. The molecule has 0 radical (unpaired) electrons. The Bertz CT molecular complexity index is 636. The highest BCUT2D eigenvalue weighted by molar-refractivity contribution is 5.78. The number of carbonyl (C=O) groups is 2. The normalized spacial score (nSPS) is 13.2. The summed E-state index contributed by atoms with van der Waals surface area (Å²) in [5, 5.41) is 6.52. The van der Waals surface area contributed by atoms with Crippen molar-refractivity contribution in [1.82, 2.24) is 5.32 Å². The molecular weight excluding hydrogens is 336 g/mol. The fourth-order valence-electron chi connectivity index (χ4n) is 2.42. The van der Waals surface area contributed by atoms with Gasteiger partial charge in [0.1, 0.15) is 11.6 Å². The van der Waals surface area contributed by atoms with Crippen molar-refractivity contribution in [3.63, 3.8) is 0 Å². The van der Waals surface area contributed by atoms with Crippen molar-refractivity contribution in [3.05, 3.63) is 46.3 Å². The highest BCUT2D eigenvalue weighted by Gasteiger charge is 2.32. The zero-order chi connectivity index (χ0) is 19.6. The Labute approximate surface area is 153 Å². The molecule has 1 unspecified atom stereocenters. The van der Waals surface area contributed by atoms with Crippen molar-refractivity contribution >= 4 is 11.9 Å². The minimum absolute atomic E-state index is 0.0868. The number of esters is 2. The second-order valence-corrected chi connectivity index (χ2v) is 6.83. The Kier molecular flexibility index (Phi) is 8.61. The van der Waals surface area contributed by atoms with Gasteiger partial charge in [0, 0.05) is 11.5 Å². The van der Waals surface area contributed by atoms with Gasteiger partial charge in [0.25, 0.3) is 0 Å². The van der Waals surface area contributed by atoms with E-state index in [1.54, 1.807) is 20.8 Å². The van der Waals surface area contributed by atoms with E-state index < -0.39 is 23.6 Å². The number of ether oxygens (including phenoxy) is 2. The minimum Gasteiger partial charge on any atom is -0.468 e. The average molecular weight is 362 g/mol. The molecule has 1 aromatic carbocycles. The van der Waals surface area contributed by atoms with Gasteiger partial charge in [-0.2, -0.15) is 0 Å². The predicted molar refractivity (Wildman–Crippen MR) is 97.3 cm³/mol. The lowest BCUT2D eigenvalue weighted by molar-refractivity contribution is -0.159. The molecule has 0 heterocycles. The van der Waals surface area contributed by atoms with E-state index in [0.717, 1.165) is 5.56 Å². The monoisotopic (exact) mass is 362 g/mol. The van der Waals surface area contributed by atoms with Crippen LogP contribution in [0.1, 0.15) is 26.3 Å². The lowest BCUT2D eigenvalue weighted by atomic mass is 9.91. The Hall–Kier alpha value is -2.57. The maximum absolute atomic E-state index is 12.7. The van der Waals surface area contributed by atoms with Crippen molar-refractivity contribution in [1.29, 1.82) is 0 Å². The van der Waals surface area contributed by atoms with Crippen molar-refractivity contribution in [2.24, 2.45) is 11.0 Å². The van der Waals surface area contributed by atoms with Crippen LogP contribution in [0.5, 0.6) is 0 Å². The molecule has 8 nitrogen and oxygen atoms in total. The molecule has 0 aliphatic carbocycles. The van der Waals surface area contributed by atoms with Crippen LogP contribution in [0.15, 0.2) is 35.4 Å². The maximum atomic E-state index is 12.7. The molecule has 0 saturated heterocycles. The van der Waals surface area contributed by atoms with E-state index in [2.05, 4.69) is 20.1 Å². The smallest absolute Gasteiger partial charge is 0.323 e. The van der Waals surface area contributed by atoms with Crippen LogP contribution in [0.2, 0.25) is 0 Å². The van der Waals surface area contributed by atoms with Gasteiger partial charge in [-0.1, -0.05) is 35.4 Å². The van der Waals surface area contributed by atoms with Crippen LogP contribution in [-0.2, 0) is 25.5 Å². The molecule has 0 bridgehead atoms. The van der Waals surface area contributed by atoms with E-state index in [9.17, 15) is 9.59 Å². The molecule has 0 fully saturated rings. The Balaban J connectivity index is 3.05. The predicted octanol–water partition coefficient (Wildman–Crippen LogP) is 2.63. The summed E-state index contributed by atoms with van der Waals surface area (Å²) in [5.41, 5.74) is 8.99. The number of rotatable bonds is 9. The number of methoxy groups -OCH3 is 1. The van der Waals surface area contributed by atoms with Crippen molar-refractivity contribution in [2.45, 2.75) is 38.8 Å². The number of azide groups is 1. The first kappa shape index (κ1) is 21.5. The van der Waals surface area contributed by atoms with Crippen LogP contribution in [-0.4, -0.2) is 43.8 Å². The quantitative estimate of drug-likeness (QED) is 0.314. The van der Waals surface area contributed by atoms with Gasteiger partial charge in [0.05, 0.1) is 13.7 Å². The molecule has 0 aliphatic rings. The molecule has 0 aromatic heterocycles. The van der Waals surface area contributed by atoms with Crippen molar-refractivity contribution in [3.8, 4) is 0 Å². The molecule has 2 atom stereocenters. The Morgan fingerprint density at radius 1 is 1.27 bits per heavy atom. The zero-order valence-electron chi connectivity index (χ0n) is 15.6. The standard InChI is InChI=1S/C18H26N4O4/c1-18(2,3)26-17(24)16(20-12-15(23)25-4)14(11-21-22-19)10-13-8-6-5-7-9-13/h5-9,14,16,20H,10-12H2,1-4H3/t14-,16?/m0/s1. The molecular formula is C18H26N4O4. The summed E-state index contributed by atoms with van der Waals surface area (Å²) < 4.78 is 10.1. The molecule has 0 saturated carbocycles. The van der Waals surface area contributed by atoms with Crippen molar-refractivity contribution in [2.75, 3.05) is 20.2 Å². The largest absolute Gasteiger partial charge is 0.468 e. The first-order chi connectivity index (χ1) is 12.3. The molecule has 0 aliphatic heterocycles. The van der Waals surface area contributed by atoms with Gasteiger partial charge < -0.3 is 9.47 Å². The molecule has 142 valence electrons. The van der Waals surface area contributed by atoms with Gasteiger partial charge in [-0.25, -0.2) is 0 Å². The first-order valence-electron chi connectivity index (χ1n) is 8.34. The van der Waals surface area contributed by atoms with Crippen LogP contribution < -0.4 is 5.32 Å². The second kappa shape index (κ2) is 10.4. The third-order valence-electron chi connectivity index (χ3n) is 3.55. The Morgan fingerprint density at radius 3 is 2.46 bits per heavy atom. The topological polar surface area (TPSA) is 113 Å². The highest BCUT2D eigenvalue weighted by atomic mass is 16.6. The molecule has 1 aromatic rings. The summed E-state index contributed by atoms with van der Waals surface area (Å²) in [5.74, 6) is -1.39. The number of carbonyl (C=O) groups excluding carboxylic acids is 2. The van der Waals surface area contributed by atoms with Crippen LogP contribution in [0.3, 0.4) is 0 Å². The van der Waals surface area contributed by atoms with Crippen LogP contribution >= 0.6 is 0 Å².